The van der Waals surface area contributed by atoms with E-state index in [0.29, 0.717) is 17.3 Å². The maximum atomic E-state index is 11.9. The minimum atomic E-state index is -1.34. The molecule has 0 aliphatic carbocycles. The first kappa shape index (κ1) is 13.9. The fourth-order valence-corrected chi connectivity index (χ4v) is 2.41. The summed E-state index contributed by atoms with van der Waals surface area (Å²) in [6, 6.07) is 6.34. The molecule has 0 amide bonds. The Bertz CT molecular complexity index is 415. The Balaban J connectivity index is 2.72. The summed E-state index contributed by atoms with van der Waals surface area (Å²) >= 11 is 0. The van der Waals surface area contributed by atoms with E-state index in [-0.39, 0.29) is 11.7 Å². The lowest BCUT2D eigenvalue weighted by atomic mass is 10.2. The van der Waals surface area contributed by atoms with Gasteiger partial charge in [-0.15, -0.1) is 0 Å². The van der Waals surface area contributed by atoms with Gasteiger partial charge >= 0.3 is 5.97 Å². The van der Waals surface area contributed by atoms with Gasteiger partial charge in [-0.05, 0) is 26.0 Å². The highest BCUT2D eigenvalue weighted by Gasteiger charge is 2.14. The molecule has 0 aliphatic heterocycles. The van der Waals surface area contributed by atoms with Crippen molar-refractivity contribution in [3.63, 3.8) is 0 Å². The molecule has 0 radical (unpaired) electrons. The van der Waals surface area contributed by atoms with E-state index in [1.807, 2.05) is 13.8 Å². The SMILES string of the molecule is CC(C)OCCS(=O)c1ccccc1C(=O)O. The summed E-state index contributed by atoms with van der Waals surface area (Å²) in [6.45, 7) is 4.15. The number of hydrogen-bond donors (Lipinski definition) is 1. The first-order valence-corrected chi connectivity index (χ1v) is 6.66. The first-order chi connectivity index (χ1) is 8.02. The van der Waals surface area contributed by atoms with Crippen molar-refractivity contribution >= 4 is 16.8 Å². The number of aromatic carboxylic acids is 1. The molecule has 0 fully saturated rings. The number of benzene rings is 1. The van der Waals surface area contributed by atoms with Crippen LogP contribution in [0, 0.1) is 0 Å². The molecule has 17 heavy (non-hydrogen) atoms. The molecule has 0 saturated carbocycles. The van der Waals surface area contributed by atoms with Gasteiger partial charge < -0.3 is 9.84 Å². The third kappa shape index (κ3) is 4.28. The molecule has 1 N–H and O–H groups in total. The Labute approximate surface area is 103 Å². The standard InChI is InChI=1S/C12H16O4S/c1-9(2)16-7-8-17(15)11-6-4-3-5-10(11)12(13)14/h3-6,9H,7-8H2,1-2H3,(H,13,14). The molecule has 0 heterocycles. The maximum absolute atomic E-state index is 11.9. The summed E-state index contributed by atoms with van der Waals surface area (Å²) in [5.41, 5.74) is 0.0929. The zero-order chi connectivity index (χ0) is 12.8. The van der Waals surface area contributed by atoms with Crippen LogP contribution >= 0.6 is 0 Å². The number of ether oxygens (including phenoxy) is 1. The van der Waals surface area contributed by atoms with E-state index in [0.717, 1.165) is 0 Å². The van der Waals surface area contributed by atoms with Gasteiger partial charge in [0.2, 0.25) is 0 Å². The van der Waals surface area contributed by atoms with Crippen molar-refractivity contribution in [2.75, 3.05) is 12.4 Å². The zero-order valence-corrected chi connectivity index (χ0v) is 10.7. The molecule has 0 aliphatic rings. The maximum Gasteiger partial charge on any atom is 0.336 e. The van der Waals surface area contributed by atoms with Crippen LogP contribution in [0.15, 0.2) is 29.2 Å². The van der Waals surface area contributed by atoms with Crippen LogP contribution in [0.5, 0.6) is 0 Å². The van der Waals surface area contributed by atoms with Crippen molar-refractivity contribution in [1.82, 2.24) is 0 Å². The molecular formula is C12H16O4S. The smallest absolute Gasteiger partial charge is 0.336 e. The van der Waals surface area contributed by atoms with Gasteiger partial charge in [0.15, 0.2) is 0 Å². The Morgan fingerprint density at radius 3 is 2.65 bits per heavy atom. The number of rotatable bonds is 6. The van der Waals surface area contributed by atoms with Crippen molar-refractivity contribution in [3.05, 3.63) is 29.8 Å². The fraction of sp³-hybridized carbons (Fsp3) is 0.417. The van der Waals surface area contributed by atoms with Crippen molar-refractivity contribution in [2.24, 2.45) is 0 Å². The van der Waals surface area contributed by atoms with Gasteiger partial charge in [0, 0.05) is 0 Å². The molecule has 1 atom stereocenters. The Kier molecular flexibility index (Phi) is 5.31. The second kappa shape index (κ2) is 6.51. The number of carbonyl (C=O) groups is 1. The Morgan fingerprint density at radius 1 is 1.41 bits per heavy atom. The molecule has 0 spiro atoms. The van der Waals surface area contributed by atoms with Crippen molar-refractivity contribution in [1.29, 1.82) is 0 Å². The van der Waals surface area contributed by atoms with Crippen LogP contribution in [-0.2, 0) is 15.5 Å². The predicted molar refractivity (Wildman–Crippen MR) is 65.8 cm³/mol. The van der Waals surface area contributed by atoms with Crippen molar-refractivity contribution in [2.45, 2.75) is 24.8 Å². The Morgan fingerprint density at radius 2 is 2.06 bits per heavy atom. The molecule has 1 rings (SSSR count). The average Bonchev–Trinajstić information content (AvgIpc) is 2.28. The van der Waals surface area contributed by atoms with Crippen LogP contribution in [0.4, 0.5) is 0 Å². The minimum absolute atomic E-state index is 0.0849. The molecule has 0 bridgehead atoms. The summed E-state index contributed by atoms with van der Waals surface area (Å²) in [7, 11) is -1.34. The topological polar surface area (TPSA) is 63.6 Å². The quantitative estimate of drug-likeness (QED) is 0.844. The van der Waals surface area contributed by atoms with Gasteiger partial charge in [0.1, 0.15) is 0 Å². The van der Waals surface area contributed by atoms with Gasteiger partial charge in [-0.3, -0.25) is 4.21 Å². The lowest BCUT2D eigenvalue weighted by molar-refractivity contribution is 0.0692. The lowest BCUT2D eigenvalue weighted by Crippen LogP contribution is -2.13. The molecule has 4 nitrogen and oxygen atoms in total. The first-order valence-electron chi connectivity index (χ1n) is 5.34. The molecule has 1 unspecified atom stereocenters. The third-order valence-corrected chi connectivity index (χ3v) is 3.47. The van der Waals surface area contributed by atoms with Crippen molar-refractivity contribution < 1.29 is 18.8 Å². The van der Waals surface area contributed by atoms with Crippen LogP contribution in [0.25, 0.3) is 0 Å². The summed E-state index contributed by atoms with van der Waals surface area (Å²) < 4.78 is 17.2. The van der Waals surface area contributed by atoms with Gasteiger partial charge in [-0.25, -0.2) is 4.79 Å². The second-order valence-corrected chi connectivity index (χ2v) is 5.31. The lowest BCUT2D eigenvalue weighted by Gasteiger charge is -2.08. The van der Waals surface area contributed by atoms with Crippen LogP contribution < -0.4 is 0 Å². The normalized spacial score (nSPS) is 12.6. The third-order valence-electron chi connectivity index (χ3n) is 2.08. The second-order valence-electron chi connectivity index (χ2n) is 3.77. The van der Waals surface area contributed by atoms with Crippen LogP contribution in [-0.4, -0.2) is 33.7 Å². The highest BCUT2D eigenvalue weighted by atomic mass is 32.2. The van der Waals surface area contributed by atoms with Crippen LogP contribution in [0.2, 0.25) is 0 Å². The molecular weight excluding hydrogens is 240 g/mol. The average molecular weight is 256 g/mol. The van der Waals surface area contributed by atoms with Gasteiger partial charge in [-0.1, -0.05) is 12.1 Å². The predicted octanol–water partition coefficient (Wildman–Crippen LogP) is 1.92. The monoisotopic (exact) mass is 256 g/mol. The molecule has 1 aromatic rings. The van der Waals surface area contributed by atoms with Crippen molar-refractivity contribution in [3.8, 4) is 0 Å². The van der Waals surface area contributed by atoms with E-state index in [4.69, 9.17) is 9.84 Å². The van der Waals surface area contributed by atoms with E-state index >= 15 is 0 Å². The van der Waals surface area contributed by atoms with Gasteiger partial charge in [0.05, 0.1) is 39.7 Å². The fourth-order valence-electron chi connectivity index (χ4n) is 1.31. The summed E-state index contributed by atoms with van der Waals surface area (Å²) in [4.78, 5) is 11.3. The summed E-state index contributed by atoms with van der Waals surface area (Å²) in [6.07, 6.45) is 0.0849. The Hall–Kier alpha value is -1.20. The largest absolute Gasteiger partial charge is 0.478 e. The van der Waals surface area contributed by atoms with E-state index in [2.05, 4.69) is 0 Å². The van der Waals surface area contributed by atoms with E-state index < -0.39 is 16.8 Å². The number of carboxylic acids is 1. The molecule has 94 valence electrons. The van der Waals surface area contributed by atoms with E-state index in [9.17, 15) is 9.00 Å². The molecule has 0 saturated heterocycles. The minimum Gasteiger partial charge on any atom is -0.478 e. The van der Waals surface area contributed by atoms with Gasteiger partial charge in [-0.2, -0.15) is 0 Å². The number of carboxylic acid groups (broad SMARTS) is 1. The van der Waals surface area contributed by atoms with Crippen LogP contribution in [0.1, 0.15) is 24.2 Å². The van der Waals surface area contributed by atoms with Gasteiger partial charge in [0.25, 0.3) is 0 Å². The summed E-state index contributed by atoms with van der Waals surface area (Å²) in [5, 5.41) is 8.96. The highest BCUT2D eigenvalue weighted by Crippen LogP contribution is 2.13. The number of hydrogen-bond acceptors (Lipinski definition) is 3. The molecule has 0 aromatic heterocycles. The molecule has 1 aromatic carbocycles. The zero-order valence-electron chi connectivity index (χ0n) is 9.88. The highest BCUT2D eigenvalue weighted by molar-refractivity contribution is 7.85. The van der Waals surface area contributed by atoms with E-state index in [1.54, 1.807) is 18.2 Å². The van der Waals surface area contributed by atoms with Crippen LogP contribution in [0.3, 0.4) is 0 Å². The van der Waals surface area contributed by atoms with E-state index in [1.165, 1.54) is 6.07 Å². The molecule has 5 heteroatoms. The summed E-state index contributed by atoms with van der Waals surface area (Å²) in [5.74, 6) is -0.749.